The van der Waals surface area contributed by atoms with Crippen molar-refractivity contribution in [2.45, 2.75) is 25.4 Å². The molecule has 2 aliphatic heterocycles. The number of amides is 2. The van der Waals surface area contributed by atoms with E-state index in [0.29, 0.717) is 11.4 Å². The fourth-order valence-corrected chi connectivity index (χ4v) is 3.97. The molecule has 0 aliphatic carbocycles. The smallest absolute Gasteiger partial charge is 0.271 e. The first-order valence-electron chi connectivity index (χ1n) is 10.3. The highest BCUT2D eigenvalue weighted by molar-refractivity contribution is 5.95. The lowest BCUT2D eigenvalue weighted by molar-refractivity contribution is -0.384. The van der Waals surface area contributed by atoms with E-state index in [-0.39, 0.29) is 30.6 Å². The Hall–Kier alpha value is -3.62. The summed E-state index contributed by atoms with van der Waals surface area (Å²) in [5, 5.41) is 13.7. The molecule has 1 N–H and O–H groups in total. The van der Waals surface area contributed by atoms with Gasteiger partial charge in [0.25, 0.3) is 11.6 Å². The molecule has 1 unspecified atom stereocenters. The van der Waals surface area contributed by atoms with Crippen LogP contribution in [0, 0.1) is 10.1 Å². The van der Waals surface area contributed by atoms with Gasteiger partial charge >= 0.3 is 0 Å². The maximum absolute atomic E-state index is 13.0. The van der Waals surface area contributed by atoms with E-state index >= 15 is 0 Å². The van der Waals surface area contributed by atoms with Crippen LogP contribution in [0.1, 0.15) is 19.3 Å². The highest BCUT2D eigenvalue weighted by Crippen LogP contribution is 2.33. The molecule has 0 radical (unpaired) electrons. The molecule has 1 atom stereocenters. The van der Waals surface area contributed by atoms with E-state index in [1.54, 1.807) is 12.1 Å². The lowest BCUT2D eigenvalue weighted by Gasteiger charge is -2.38. The van der Waals surface area contributed by atoms with Crippen molar-refractivity contribution in [3.8, 4) is 5.75 Å². The number of non-ortho nitro benzene ring substituents is 1. The van der Waals surface area contributed by atoms with Crippen LogP contribution in [0.2, 0.25) is 0 Å². The second-order valence-electron chi connectivity index (χ2n) is 7.70. The van der Waals surface area contributed by atoms with Gasteiger partial charge in [0.2, 0.25) is 5.91 Å². The average molecular weight is 424 g/mol. The number of nitro benzene ring substituents is 1. The number of benzene rings is 2. The molecule has 1 fully saturated rings. The lowest BCUT2D eigenvalue weighted by atomic mass is 10.1. The van der Waals surface area contributed by atoms with Gasteiger partial charge in [0.1, 0.15) is 5.75 Å². The Balaban J connectivity index is 1.48. The molecule has 2 aliphatic rings. The predicted octanol–water partition coefficient (Wildman–Crippen LogP) is 2.81. The van der Waals surface area contributed by atoms with Crippen LogP contribution < -0.4 is 15.0 Å². The number of carbonyl (C=O) groups is 2. The van der Waals surface area contributed by atoms with Crippen LogP contribution in [0.4, 0.5) is 17.1 Å². The van der Waals surface area contributed by atoms with Crippen molar-refractivity contribution in [1.82, 2.24) is 4.90 Å². The third-order valence-corrected chi connectivity index (χ3v) is 5.48. The quantitative estimate of drug-likeness (QED) is 0.585. The van der Waals surface area contributed by atoms with Crippen molar-refractivity contribution in [3.05, 3.63) is 58.6 Å². The van der Waals surface area contributed by atoms with Crippen molar-refractivity contribution in [2.24, 2.45) is 0 Å². The van der Waals surface area contributed by atoms with Crippen molar-refractivity contribution in [1.29, 1.82) is 0 Å². The number of nitrogens with one attached hydrogen (secondary N) is 1. The molecule has 2 aromatic carbocycles. The van der Waals surface area contributed by atoms with Gasteiger partial charge in [-0.3, -0.25) is 19.7 Å². The number of nitro groups is 1. The summed E-state index contributed by atoms with van der Waals surface area (Å²) >= 11 is 0. The number of hydrogen-bond donors (Lipinski definition) is 1. The highest BCUT2D eigenvalue weighted by Gasteiger charge is 2.34. The molecular weight excluding hydrogens is 400 g/mol. The number of hydrogen-bond acceptors (Lipinski definition) is 6. The number of piperidine rings is 1. The zero-order valence-corrected chi connectivity index (χ0v) is 17.0. The van der Waals surface area contributed by atoms with Crippen molar-refractivity contribution >= 4 is 28.9 Å². The van der Waals surface area contributed by atoms with Crippen LogP contribution in [0.25, 0.3) is 0 Å². The van der Waals surface area contributed by atoms with Gasteiger partial charge in [-0.2, -0.15) is 0 Å². The summed E-state index contributed by atoms with van der Waals surface area (Å²) in [5.41, 5.74) is 0.989. The molecule has 2 amide bonds. The van der Waals surface area contributed by atoms with Crippen molar-refractivity contribution < 1.29 is 19.2 Å². The Morgan fingerprint density at radius 1 is 1.10 bits per heavy atom. The fourth-order valence-electron chi connectivity index (χ4n) is 3.97. The van der Waals surface area contributed by atoms with Gasteiger partial charge in [-0.25, -0.2) is 0 Å². The molecule has 1 saturated heterocycles. The summed E-state index contributed by atoms with van der Waals surface area (Å²) in [5.74, 6) is 0.173. The molecule has 9 heteroatoms. The number of anilines is 2. The van der Waals surface area contributed by atoms with Crippen molar-refractivity contribution in [3.63, 3.8) is 0 Å². The molecule has 0 saturated carbocycles. The predicted molar refractivity (Wildman–Crippen MR) is 115 cm³/mol. The van der Waals surface area contributed by atoms with Crippen LogP contribution >= 0.6 is 0 Å². The summed E-state index contributed by atoms with van der Waals surface area (Å²) in [6.07, 6.45) is 2.43. The fraction of sp³-hybridized carbons (Fsp3) is 0.364. The second-order valence-corrected chi connectivity index (χ2v) is 7.70. The number of nitrogens with zero attached hydrogens (tertiary/aromatic N) is 3. The number of fused-ring (bicyclic) bond motifs is 1. The first-order valence-corrected chi connectivity index (χ1v) is 10.3. The van der Waals surface area contributed by atoms with Gasteiger partial charge in [-0.15, -0.1) is 0 Å². The molecule has 9 nitrogen and oxygen atoms in total. The molecule has 31 heavy (non-hydrogen) atoms. The third-order valence-electron chi connectivity index (χ3n) is 5.48. The van der Waals surface area contributed by atoms with E-state index < -0.39 is 11.0 Å². The zero-order valence-electron chi connectivity index (χ0n) is 17.0. The molecule has 4 rings (SSSR count). The Labute approximate surface area is 179 Å². The molecule has 0 bridgehead atoms. The average Bonchev–Trinajstić information content (AvgIpc) is 2.79. The molecular formula is C22H24N4O5. The minimum atomic E-state index is -0.682. The highest BCUT2D eigenvalue weighted by atomic mass is 16.6. The standard InChI is InChI=1S/C22H24N4O5/c27-21(23-16-7-6-8-17(13-16)26(29)30)15-25-14-20(22(28)24-11-4-1-5-12-24)31-19-10-3-2-9-18(19)25/h2-3,6-10,13,20H,1,4-5,11-12,14-15H2,(H,23,27). The van der Waals surface area contributed by atoms with Gasteiger partial charge in [-0.05, 0) is 37.5 Å². The second kappa shape index (κ2) is 9.03. The maximum Gasteiger partial charge on any atom is 0.271 e. The first kappa shape index (κ1) is 20.6. The molecule has 162 valence electrons. The van der Waals surface area contributed by atoms with E-state index in [4.69, 9.17) is 4.74 Å². The van der Waals surface area contributed by atoms with Gasteiger partial charge < -0.3 is 19.9 Å². The Bertz CT molecular complexity index is 989. The number of carbonyl (C=O) groups excluding carboxylic acids is 2. The van der Waals surface area contributed by atoms with Crippen LogP contribution in [-0.2, 0) is 9.59 Å². The normalized spacial score (nSPS) is 18.0. The summed E-state index contributed by atoms with van der Waals surface area (Å²) in [6.45, 7) is 1.71. The molecule has 0 spiro atoms. The maximum atomic E-state index is 13.0. The summed E-state index contributed by atoms with van der Waals surface area (Å²) in [7, 11) is 0. The minimum Gasteiger partial charge on any atom is -0.477 e. The van der Waals surface area contributed by atoms with Crippen LogP contribution in [0.3, 0.4) is 0 Å². The van der Waals surface area contributed by atoms with Crippen LogP contribution in [-0.4, -0.2) is 53.9 Å². The van der Waals surface area contributed by atoms with Crippen molar-refractivity contribution in [2.75, 3.05) is 36.4 Å². The molecule has 0 aromatic heterocycles. The Kier molecular flexibility index (Phi) is 6.01. The minimum absolute atomic E-state index is 0.00710. The lowest BCUT2D eigenvalue weighted by Crippen LogP contribution is -2.52. The van der Waals surface area contributed by atoms with Gasteiger partial charge in [0.15, 0.2) is 6.10 Å². The third kappa shape index (κ3) is 4.76. The topological polar surface area (TPSA) is 105 Å². The SMILES string of the molecule is O=C(CN1CC(C(=O)N2CCCCC2)Oc2ccccc21)Nc1cccc([N+](=O)[O-])c1. The monoisotopic (exact) mass is 424 g/mol. The van der Waals surface area contributed by atoms with E-state index in [0.717, 1.165) is 38.0 Å². The van der Waals surface area contributed by atoms with E-state index in [2.05, 4.69) is 5.32 Å². The van der Waals surface area contributed by atoms with Gasteiger partial charge in [0, 0.05) is 30.9 Å². The Morgan fingerprint density at radius 3 is 2.65 bits per heavy atom. The van der Waals surface area contributed by atoms with E-state index in [1.165, 1.54) is 18.2 Å². The van der Waals surface area contributed by atoms with Gasteiger partial charge in [0.05, 0.1) is 23.7 Å². The molecule has 2 aromatic rings. The first-order chi connectivity index (χ1) is 15.0. The van der Waals surface area contributed by atoms with Crippen LogP contribution in [0.15, 0.2) is 48.5 Å². The Morgan fingerprint density at radius 2 is 1.87 bits per heavy atom. The molecule has 2 heterocycles. The number of rotatable bonds is 5. The summed E-state index contributed by atoms with van der Waals surface area (Å²) in [4.78, 5) is 39.8. The number of ether oxygens (including phenoxy) is 1. The summed E-state index contributed by atoms with van der Waals surface area (Å²) in [6, 6.07) is 13.1. The zero-order chi connectivity index (χ0) is 21.8. The summed E-state index contributed by atoms with van der Waals surface area (Å²) < 4.78 is 5.98. The number of likely N-dealkylation sites (tertiary alicyclic amines) is 1. The van der Waals surface area contributed by atoms with E-state index in [9.17, 15) is 19.7 Å². The van der Waals surface area contributed by atoms with Gasteiger partial charge in [-0.1, -0.05) is 18.2 Å². The van der Waals surface area contributed by atoms with Crippen LogP contribution in [0.5, 0.6) is 5.75 Å². The largest absolute Gasteiger partial charge is 0.477 e. The number of para-hydroxylation sites is 2. The van der Waals surface area contributed by atoms with E-state index in [1.807, 2.05) is 28.0 Å².